The Morgan fingerprint density at radius 3 is 2.58 bits per heavy atom. The van der Waals surface area contributed by atoms with Gasteiger partial charge in [0.2, 0.25) is 5.91 Å². The van der Waals surface area contributed by atoms with Gasteiger partial charge in [-0.2, -0.15) is 0 Å². The summed E-state index contributed by atoms with van der Waals surface area (Å²) < 4.78 is 5.19. The van der Waals surface area contributed by atoms with E-state index in [1.54, 1.807) is 19.5 Å². The van der Waals surface area contributed by atoms with E-state index in [0.29, 0.717) is 19.0 Å². The first-order chi connectivity index (χ1) is 11.8. The van der Waals surface area contributed by atoms with Crippen LogP contribution >= 0.6 is 0 Å². The standard InChI is InChI=1S/C20H24N2O2/c1-24-19-8-5-16(6-9-19)3-2-4-18-7-10-20(23)22(18)15-17-11-13-21-14-12-17/h5-6,8-9,11-14,18H,2-4,7,10,15H2,1H3. The first kappa shape index (κ1) is 16.5. The van der Waals surface area contributed by atoms with Crippen LogP contribution in [0.5, 0.6) is 5.75 Å². The van der Waals surface area contributed by atoms with E-state index in [9.17, 15) is 4.79 Å². The highest BCUT2D eigenvalue weighted by molar-refractivity contribution is 5.78. The van der Waals surface area contributed by atoms with Crippen molar-refractivity contribution in [1.29, 1.82) is 0 Å². The van der Waals surface area contributed by atoms with E-state index in [0.717, 1.165) is 37.0 Å². The van der Waals surface area contributed by atoms with Gasteiger partial charge < -0.3 is 9.64 Å². The summed E-state index contributed by atoms with van der Waals surface area (Å²) in [4.78, 5) is 18.3. The molecule has 1 amide bonds. The molecule has 0 spiro atoms. The molecular formula is C20H24N2O2. The Kier molecular flexibility index (Phi) is 5.47. The lowest BCUT2D eigenvalue weighted by atomic mass is 10.0. The van der Waals surface area contributed by atoms with Crippen LogP contribution in [0.1, 0.15) is 36.8 Å². The average molecular weight is 324 g/mol. The van der Waals surface area contributed by atoms with Gasteiger partial charge in [-0.15, -0.1) is 0 Å². The molecule has 4 nitrogen and oxygen atoms in total. The SMILES string of the molecule is COc1ccc(CCCC2CCC(=O)N2Cc2ccncc2)cc1. The van der Waals surface area contributed by atoms with Gasteiger partial charge in [0.25, 0.3) is 0 Å². The van der Waals surface area contributed by atoms with Crippen LogP contribution in [0.4, 0.5) is 0 Å². The van der Waals surface area contributed by atoms with Crippen LogP contribution in [-0.2, 0) is 17.8 Å². The van der Waals surface area contributed by atoms with Crippen molar-refractivity contribution in [2.75, 3.05) is 7.11 Å². The number of benzene rings is 1. The normalized spacial score (nSPS) is 17.3. The lowest BCUT2D eigenvalue weighted by Crippen LogP contribution is -2.32. The van der Waals surface area contributed by atoms with E-state index in [4.69, 9.17) is 4.74 Å². The largest absolute Gasteiger partial charge is 0.497 e. The second-order valence-corrected chi connectivity index (χ2v) is 6.31. The summed E-state index contributed by atoms with van der Waals surface area (Å²) in [6, 6.07) is 12.6. The first-order valence-electron chi connectivity index (χ1n) is 8.57. The van der Waals surface area contributed by atoms with Crippen molar-refractivity contribution in [3.05, 3.63) is 59.9 Å². The number of aromatic nitrogens is 1. The van der Waals surface area contributed by atoms with Crippen molar-refractivity contribution in [3.8, 4) is 5.75 Å². The number of nitrogens with zero attached hydrogens (tertiary/aromatic N) is 2. The Balaban J connectivity index is 1.52. The second-order valence-electron chi connectivity index (χ2n) is 6.31. The first-order valence-corrected chi connectivity index (χ1v) is 8.57. The Morgan fingerprint density at radius 2 is 1.88 bits per heavy atom. The fraction of sp³-hybridized carbons (Fsp3) is 0.400. The average Bonchev–Trinajstić information content (AvgIpc) is 2.97. The summed E-state index contributed by atoms with van der Waals surface area (Å²) in [7, 11) is 1.68. The van der Waals surface area contributed by atoms with Gasteiger partial charge in [-0.05, 0) is 61.1 Å². The molecule has 0 aliphatic carbocycles. The number of pyridine rings is 1. The molecule has 0 saturated carbocycles. The van der Waals surface area contributed by atoms with Crippen LogP contribution < -0.4 is 4.74 Å². The van der Waals surface area contributed by atoms with Gasteiger partial charge in [0, 0.05) is 31.4 Å². The lowest BCUT2D eigenvalue weighted by Gasteiger charge is -2.25. The molecule has 0 N–H and O–H groups in total. The molecule has 2 aromatic rings. The van der Waals surface area contributed by atoms with Gasteiger partial charge in [0.05, 0.1) is 7.11 Å². The molecule has 0 radical (unpaired) electrons. The number of amides is 1. The molecule has 4 heteroatoms. The van der Waals surface area contributed by atoms with Gasteiger partial charge in [-0.1, -0.05) is 12.1 Å². The van der Waals surface area contributed by atoms with E-state index < -0.39 is 0 Å². The summed E-state index contributed by atoms with van der Waals surface area (Å²) in [5, 5.41) is 0. The van der Waals surface area contributed by atoms with Crippen molar-refractivity contribution in [1.82, 2.24) is 9.88 Å². The molecule has 2 heterocycles. The molecule has 24 heavy (non-hydrogen) atoms. The van der Waals surface area contributed by atoms with Crippen molar-refractivity contribution in [2.45, 2.75) is 44.7 Å². The molecule has 1 fully saturated rings. The van der Waals surface area contributed by atoms with Crippen molar-refractivity contribution in [3.63, 3.8) is 0 Å². The summed E-state index contributed by atoms with van der Waals surface area (Å²) in [6.45, 7) is 0.703. The zero-order valence-electron chi connectivity index (χ0n) is 14.1. The fourth-order valence-corrected chi connectivity index (χ4v) is 3.33. The van der Waals surface area contributed by atoms with Crippen LogP contribution in [-0.4, -0.2) is 28.9 Å². The number of rotatable bonds is 7. The third-order valence-electron chi connectivity index (χ3n) is 4.72. The zero-order valence-corrected chi connectivity index (χ0v) is 14.1. The zero-order chi connectivity index (χ0) is 16.8. The number of ether oxygens (including phenoxy) is 1. The molecule has 1 unspecified atom stereocenters. The maximum Gasteiger partial charge on any atom is 0.223 e. The van der Waals surface area contributed by atoms with Crippen LogP contribution in [0.3, 0.4) is 0 Å². The van der Waals surface area contributed by atoms with E-state index in [-0.39, 0.29) is 5.91 Å². The molecule has 1 aliphatic heterocycles. The molecule has 1 atom stereocenters. The van der Waals surface area contributed by atoms with Gasteiger partial charge in [0.1, 0.15) is 5.75 Å². The summed E-state index contributed by atoms with van der Waals surface area (Å²) in [6.07, 6.45) is 8.42. The second kappa shape index (κ2) is 7.95. The van der Waals surface area contributed by atoms with E-state index in [2.05, 4.69) is 17.1 Å². The molecule has 0 bridgehead atoms. The van der Waals surface area contributed by atoms with Gasteiger partial charge in [0.15, 0.2) is 0 Å². The number of carbonyl (C=O) groups is 1. The molecule has 3 rings (SSSR count). The van der Waals surface area contributed by atoms with Crippen LogP contribution in [0.25, 0.3) is 0 Å². The highest BCUT2D eigenvalue weighted by Crippen LogP contribution is 2.25. The summed E-state index contributed by atoms with van der Waals surface area (Å²) in [5.74, 6) is 1.17. The quantitative estimate of drug-likeness (QED) is 0.781. The van der Waals surface area contributed by atoms with E-state index in [1.807, 2.05) is 29.2 Å². The third kappa shape index (κ3) is 4.13. The number of hydrogen-bond donors (Lipinski definition) is 0. The van der Waals surface area contributed by atoms with Crippen LogP contribution in [0, 0.1) is 0 Å². The Bertz CT molecular complexity index is 655. The van der Waals surface area contributed by atoms with Crippen LogP contribution in [0.2, 0.25) is 0 Å². The highest BCUT2D eigenvalue weighted by atomic mass is 16.5. The highest BCUT2D eigenvalue weighted by Gasteiger charge is 2.30. The fourth-order valence-electron chi connectivity index (χ4n) is 3.33. The molecule has 1 aromatic carbocycles. The maximum atomic E-state index is 12.2. The molecule has 1 aliphatic rings. The Hall–Kier alpha value is -2.36. The predicted molar refractivity (Wildman–Crippen MR) is 93.7 cm³/mol. The molecule has 1 aromatic heterocycles. The van der Waals surface area contributed by atoms with Gasteiger partial charge in [-0.25, -0.2) is 0 Å². The Labute approximate surface area is 143 Å². The smallest absolute Gasteiger partial charge is 0.223 e. The van der Waals surface area contributed by atoms with Crippen molar-refractivity contribution in [2.24, 2.45) is 0 Å². The number of methoxy groups -OCH3 is 1. The number of likely N-dealkylation sites (tertiary alicyclic amines) is 1. The monoisotopic (exact) mass is 324 g/mol. The van der Waals surface area contributed by atoms with E-state index >= 15 is 0 Å². The minimum atomic E-state index is 0.279. The lowest BCUT2D eigenvalue weighted by molar-refractivity contribution is -0.129. The predicted octanol–water partition coefficient (Wildman–Crippen LogP) is 3.60. The molecule has 1 saturated heterocycles. The minimum Gasteiger partial charge on any atom is -0.497 e. The summed E-state index contributed by atoms with van der Waals surface area (Å²) >= 11 is 0. The number of hydrogen-bond acceptors (Lipinski definition) is 3. The Morgan fingerprint density at radius 1 is 1.12 bits per heavy atom. The number of aryl methyl sites for hydroxylation is 1. The van der Waals surface area contributed by atoms with Gasteiger partial charge >= 0.3 is 0 Å². The molecular weight excluding hydrogens is 300 g/mol. The summed E-state index contributed by atoms with van der Waals surface area (Å²) in [5.41, 5.74) is 2.47. The number of carbonyl (C=O) groups excluding carboxylic acids is 1. The molecule has 126 valence electrons. The maximum absolute atomic E-state index is 12.2. The topological polar surface area (TPSA) is 42.4 Å². The van der Waals surface area contributed by atoms with Crippen molar-refractivity contribution < 1.29 is 9.53 Å². The minimum absolute atomic E-state index is 0.279. The van der Waals surface area contributed by atoms with Crippen molar-refractivity contribution >= 4 is 5.91 Å². The van der Waals surface area contributed by atoms with Crippen LogP contribution in [0.15, 0.2) is 48.8 Å². The van der Waals surface area contributed by atoms with Gasteiger partial charge in [-0.3, -0.25) is 9.78 Å². The van der Waals surface area contributed by atoms with E-state index in [1.165, 1.54) is 5.56 Å². The third-order valence-corrected chi connectivity index (χ3v) is 4.72.